The monoisotopic (exact) mass is 821 g/mol. The van der Waals surface area contributed by atoms with E-state index in [2.05, 4.69) is 243 Å². The normalized spacial score (nSPS) is 12.7. The van der Waals surface area contributed by atoms with Crippen molar-refractivity contribution in [1.82, 2.24) is 0 Å². The molecule has 0 spiro atoms. The molecule has 12 rings (SSSR count). The van der Waals surface area contributed by atoms with Crippen LogP contribution in [0.3, 0.4) is 0 Å². The van der Waals surface area contributed by atoms with Gasteiger partial charge in [0.15, 0.2) is 0 Å². The standard InChI is InChI=1S/C61H43NS/c1-61(2)56-24-10-8-19-52(56)54-23-13-22-51(60(54)61)43-28-34-47(35-29-43)62(46-32-26-40(27-33-46)44-31-37-59-55(38-44)53-20-9-11-25-58(53)63-59)57-39-45(30-36-50(57)42-14-4-3-5-15-42)49-21-12-17-41-16-6-7-18-48(41)49/h3-39H,1-2H3. The molecule has 1 heterocycles. The smallest absolute Gasteiger partial charge is 0.0546 e. The van der Waals surface area contributed by atoms with E-state index in [1.54, 1.807) is 0 Å². The average Bonchev–Trinajstić information content (AvgIpc) is 3.83. The second-order valence-corrected chi connectivity index (χ2v) is 18.3. The molecule has 0 fully saturated rings. The van der Waals surface area contributed by atoms with E-state index in [1.807, 2.05) is 11.3 Å². The highest BCUT2D eigenvalue weighted by atomic mass is 32.1. The van der Waals surface area contributed by atoms with E-state index in [1.165, 1.54) is 97.7 Å². The lowest BCUT2D eigenvalue weighted by atomic mass is 9.79. The zero-order valence-corrected chi connectivity index (χ0v) is 36.0. The lowest BCUT2D eigenvalue weighted by Crippen LogP contribution is -2.16. The molecule has 63 heavy (non-hydrogen) atoms. The Labute approximate surface area is 372 Å². The summed E-state index contributed by atoms with van der Waals surface area (Å²) in [6, 6.07) is 82.9. The number of nitrogens with zero attached hydrogens (tertiary/aromatic N) is 1. The van der Waals surface area contributed by atoms with Crippen molar-refractivity contribution in [2.75, 3.05) is 4.90 Å². The van der Waals surface area contributed by atoms with Crippen molar-refractivity contribution in [2.24, 2.45) is 0 Å². The topological polar surface area (TPSA) is 3.24 Å². The van der Waals surface area contributed by atoms with Gasteiger partial charge in [0.2, 0.25) is 0 Å². The second kappa shape index (κ2) is 14.8. The van der Waals surface area contributed by atoms with Crippen molar-refractivity contribution in [3.8, 4) is 55.6 Å². The third-order valence-corrected chi connectivity index (χ3v) is 14.4. The SMILES string of the molecule is CC1(C)c2ccccc2-c2cccc(-c3ccc(N(c4ccc(-c5ccc6sc7ccccc7c6c5)cc4)c4cc(-c5cccc6ccccc56)ccc4-c4ccccc4)cc3)c21. The van der Waals surface area contributed by atoms with Crippen LogP contribution in [-0.4, -0.2) is 0 Å². The maximum Gasteiger partial charge on any atom is 0.0546 e. The van der Waals surface area contributed by atoms with Crippen LogP contribution >= 0.6 is 11.3 Å². The summed E-state index contributed by atoms with van der Waals surface area (Å²) >= 11 is 1.86. The Kier molecular flexibility index (Phi) is 8.77. The van der Waals surface area contributed by atoms with E-state index in [-0.39, 0.29) is 5.41 Å². The molecule has 1 aromatic heterocycles. The molecule has 0 atom stereocenters. The Morgan fingerprint density at radius 3 is 1.75 bits per heavy atom. The van der Waals surface area contributed by atoms with Gasteiger partial charge in [-0.05, 0) is 121 Å². The Bertz CT molecular complexity index is 3520. The van der Waals surface area contributed by atoms with E-state index in [0.29, 0.717) is 0 Å². The highest BCUT2D eigenvalue weighted by Crippen LogP contribution is 2.52. The van der Waals surface area contributed by atoms with Gasteiger partial charge in [-0.3, -0.25) is 0 Å². The first-order chi connectivity index (χ1) is 31.0. The molecular formula is C61H43NS. The Morgan fingerprint density at radius 2 is 0.921 bits per heavy atom. The third kappa shape index (κ3) is 6.21. The van der Waals surface area contributed by atoms with Crippen LogP contribution in [0.2, 0.25) is 0 Å². The fourth-order valence-electron chi connectivity index (χ4n) is 10.2. The Hall–Kier alpha value is -7.52. The minimum atomic E-state index is -0.108. The summed E-state index contributed by atoms with van der Waals surface area (Å²) < 4.78 is 2.64. The highest BCUT2D eigenvalue weighted by Gasteiger charge is 2.37. The predicted octanol–water partition coefficient (Wildman–Crippen LogP) is 17.7. The first-order valence-corrected chi connectivity index (χ1v) is 22.6. The lowest BCUT2D eigenvalue weighted by molar-refractivity contribution is 0.662. The molecule has 1 aliphatic rings. The van der Waals surface area contributed by atoms with E-state index in [4.69, 9.17) is 0 Å². The van der Waals surface area contributed by atoms with Gasteiger partial charge in [-0.15, -0.1) is 11.3 Å². The van der Waals surface area contributed by atoms with E-state index in [9.17, 15) is 0 Å². The van der Waals surface area contributed by atoms with Crippen LogP contribution in [-0.2, 0) is 5.41 Å². The Balaban J connectivity index is 1.03. The summed E-state index contributed by atoms with van der Waals surface area (Å²) in [6.45, 7) is 4.74. The number of hydrogen-bond donors (Lipinski definition) is 0. The van der Waals surface area contributed by atoms with Gasteiger partial charge < -0.3 is 4.90 Å². The minimum Gasteiger partial charge on any atom is -0.310 e. The van der Waals surface area contributed by atoms with Crippen molar-refractivity contribution >= 4 is 59.3 Å². The largest absolute Gasteiger partial charge is 0.310 e. The van der Waals surface area contributed by atoms with Crippen LogP contribution in [0, 0.1) is 0 Å². The first-order valence-electron chi connectivity index (χ1n) is 21.8. The van der Waals surface area contributed by atoms with Crippen LogP contribution in [0.15, 0.2) is 224 Å². The van der Waals surface area contributed by atoms with Crippen LogP contribution in [0.1, 0.15) is 25.0 Å². The van der Waals surface area contributed by atoms with E-state index >= 15 is 0 Å². The summed E-state index contributed by atoms with van der Waals surface area (Å²) in [5.41, 5.74) is 18.3. The van der Waals surface area contributed by atoms with Crippen molar-refractivity contribution in [3.05, 3.63) is 236 Å². The summed E-state index contributed by atoms with van der Waals surface area (Å²) in [4.78, 5) is 2.45. The van der Waals surface area contributed by atoms with Crippen molar-refractivity contribution in [2.45, 2.75) is 19.3 Å². The summed E-state index contributed by atoms with van der Waals surface area (Å²) in [6.07, 6.45) is 0. The molecule has 0 saturated carbocycles. The number of benzene rings is 10. The van der Waals surface area contributed by atoms with Crippen LogP contribution in [0.25, 0.3) is 86.6 Å². The van der Waals surface area contributed by atoms with Gasteiger partial charge in [-0.25, -0.2) is 0 Å². The zero-order valence-electron chi connectivity index (χ0n) is 35.2. The average molecular weight is 822 g/mol. The molecule has 0 radical (unpaired) electrons. The zero-order chi connectivity index (χ0) is 42.1. The molecule has 0 bridgehead atoms. The second-order valence-electron chi connectivity index (χ2n) is 17.3. The van der Waals surface area contributed by atoms with E-state index in [0.717, 1.165) is 17.1 Å². The van der Waals surface area contributed by atoms with Crippen molar-refractivity contribution < 1.29 is 0 Å². The Morgan fingerprint density at radius 1 is 0.349 bits per heavy atom. The highest BCUT2D eigenvalue weighted by molar-refractivity contribution is 7.25. The molecule has 298 valence electrons. The summed E-state index contributed by atoms with van der Waals surface area (Å²) in [7, 11) is 0. The van der Waals surface area contributed by atoms with Crippen LogP contribution in [0.5, 0.6) is 0 Å². The van der Waals surface area contributed by atoms with Gasteiger partial charge in [0, 0.05) is 42.5 Å². The maximum atomic E-state index is 2.45. The molecule has 0 N–H and O–H groups in total. The molecule has 11 aromatic rings. The van der Waals surface area contributed by atoms with Crippen molar-refractivity contribution in [1.29, 1.82) is 0 Å². The van der Waals surface area contributed by atoms with Gasteiger partial charge in [-0.2, -0.15) is 0 Å². The summed E-state index contributed by atoms with van der Waals surface area (Å²) in [5.74, 6) is 0. The number of thiophene rings is 1. The molecule has 0 aliphatic heterocycles. The molecule has 2 heteroatoms. The van der Waals surface area contributed by atoms with Crippen LogP contribution in [0.4, 0.5) is 17.1 Å². The van der Waals surface area contributed by atoms with Crippen molar-refractivity contribution in [3.63, 3.8) is 0 Å². The number of rotatable bonds is 7. The van der Waals surface area contributed by atoms with Gasteiger partial charge in [-0.1, -0.05) is 190 Å². The molecule has 0 unspecified atom stereocenters. The quantitative estimate of drug-likeness (QED) is 0.155. The maximum absolute atomic E-state index is 2.45. The van der Waals surface area contributed by atoms with Gasteiger partial charge in [0.1, 0.15) is 0 Å². The third-order valence-electron chi connectivity index (χ3n) is 13.3. The lowest BCUT2D eigenvalue weighted by Gasteiger charge is -2.29. The molecule has 0 saturated heterocycles. The summed E-state index contributed by atoms with van der Waals surface area (Å²) in [5, 5.41) is 5.11. The number of anilines is 3. The molecule has 1 nitrogen and oxygen atoms in total. The fraction of sp³-hybridized carbons (Fsp3) is 0.0492. The number of hydrogen-bond acceptors (Lipinski definition) is 2. The minimum absolute atomic E-state index is 0.108. The van der Waals surface area contributed by atoms with Gasteiger partial charge >= 0.3 is 0 Å². The van der Waals surface area contributed by atoms with Gasteiger partial charge in [0.25, 0.3) is 0 Å². The van der Waals surface area contributed by atoms with Gasteiger partial charge in [0.05, 0.1) is 5.69 Å². The molecule has 10 aromatic carbocycles. The number of fused-ring (bicyclic) bond motifs is 7. The van der Waals surface area contributed by atoms with E-state index < -0.39 is 0 Å². The first kappa shape index (κ1) is 37.3. The molecule has 0 amide bonds. The van der Waals surface area contributed by atoms with Crippen LogP contribution < -0.4 is 4.90 Å². The molecular weight excluding hydrogens is 779 g/mol. The fourth-order valence-corrected chi connectivity index (χ4v) is 11.3. The molecule has 1 aliphatic carbocycles. The predicted molar refractivity (Wildman–Crippen MR) is 271 cm³/mol.